The second-order valence-electron chi connectivity index (χ2n) is 4.18. The van der Waals surface area contributed by atoms with E-state index < -0.39 is 0 Å². The molecule has 1 aromatic carbocycles. The van der Waals surface area contributed by atoms with Crippen LogP contribution >= 0.6 is 0 Å². The van der Waals surface area contributed by atoms with Crippen LogP contribution < -0.4 is 5.32 Å². The molecule has 0 fully saturated rings. The molecule has 2 N–H and O–H groups in total. The van der Waals surface area contributed by atoms with Crippen LogP contribution in [0.3, 0.4) is 0 Å². The Balaban J connectivity index is 1.69. The summed E-state index contributed by atoms with van der Waals surface area (Å²) in [5.41, 5.74) is 2.92. The number of para-hydroxylation sites is 1. The Hall–Kier alpha value is -2.62. The van der Waals surface area contributed by atoms with Crippen LogP contribution in [0.4, 0.5) is 5.69 Å². The fourth-order valence-electron chi connectivity index (χ4n) is 1.85. The molecule has 94 valence electrons. The highest BCUT2D eigenvalue weighted by atomic mass is 15.0. The molecule has 19 heavy (non-hydrogen) atoms. The van der Waals surface area contributed by atoms with Crippen molar-refractivity contribution in [3.63, 3.8) is 0 Å². The number of benzene rings is 1. The summed E-state index contributed by atoms with van der Waals surface area (Å²) in [6, 6.07) is 15.9. The minimum Gasteiger partial charge on any atom is -0.378 e. The van der Waals surface area contributed by atoms with E-state index >= 15 is 0 Å². The maximum absolute atomic E-state index is 4.35. The second kappa shape index (κ2) is 5.35. The lowest BCUT2D eigenvalue weighted by molar-refractivity contribution is 1.00. The van der Waals surface area contributed by atoms with Crippen LogP contribution in [0, 0.1) is 0 Å². The van der Waals surface area contributed by atoms with Crippen molar-refractivity contribution in [1.82, 2.24) is 15.0 Å². The summed E-state index contributed by atoms with van der Waals surface area (Å²) in [5, 5.41) is 3.31. The maximum Gasteiger partial charge on any atom is 0.125 e. The Labute approximate surface area is 111 Å². The first kappa shape index (κ1) is 11.5. The molecule has 2 aromatic heterocycles. The molecule has 0 spiro atoms. The molecule has 0 amide bonds. The number of aromatic nitrogens is 3. The topological polar surface area (TPSA) is 53.6 Å². The average molecular weight is 250 g/mol. The molecule has 0 aliphatic rings. The van der Waals surface area contributed by atoms with E-state index in [4.69, 9.17) is 0 Å². The number of nitrogens with zero attached hydrogens (tertiary/aromatic N) is 2. The summed E-state index contributed by atoms with van der Waals surface area (Å²) in [5.74, 6) is 0.893. The minimum atomic E-state index is 0.664. The predicted octanol–water partition coefficient (Wildman–Crippen LogP) is 3.08. The Morgan fingerprint density at radius 3 is 2.58 bits per heavy atom. The van der Waals surface area contributed by atoms with Gasteiger partial charge in [-0.05, 0) is 24.3 Å². The van der Waals surface area contributed by atoms with Gasteiger partial charge in [-0.2, -0.15) is 0 Å². The van der Waals surface area contributed by atoms with Gasteiger partial charge in [0.1, 0.15) is 5.82 Å². The van der Waals surface area contributed by atoms with Crippen LogP contribution in [0.15, 0.2) is 60.9 Å². The van der Waals surface area contributed by atoms with Crippen molar-refractivity contribution in [3.8, 4) is 11.4 Å². The van der Waals surface area contributed by atoms with Gasteiger partial charge in [0.25, 0.3) is 0 Å². The monoisotopic (exact) mass is 250 g/mol. The van der Waals surface area contributed by atoms with Crippen molar-refractivity contribution in [2.45, 2.75) is 6.54 Å². The Morgan fingerprint density at radius 2 is 1.79 bits per heavy atom. The van der Waals surface area contributed by atoms with E-state index in [1.165, 1.54) is 0 Å². The normalized spacial score (nSPS) is 10.3. The zero-order valence-corrected chi connectivity index (χ0v) is 10.4. The van der Waals surface area contributed by atoms with Crippen LogP contribution in [0.5, 0.6) is 0 Å². The van der Waals surface area contributed by atoms with Gasteiger partial charge in [-0.1, -0.05) is 24.3 Å². The highest BCUT2D eigenvalue weighted by Crippen LogP contribution is 2.14. The number of nitrogens with one attached hydrogen (secondary N) is 2. The first-order valence-electron chi connectivity index (χ1n) is 6.16. The number of rotatable bonds is 4. The number of aromatic amines is 1. The zero-order chi connectivity index (χ0) is 12.9. The van der Waals surface area contributed by atoms with Crippen molar-refractivity contribution in [3.05, 3.63) is 66.7 Å². The number of pyridine rings is 1. The van der Waals surface area contributed by atoms with Crippen LogP contribution in [0.1, 0.15) is 5.82 Å². The fraction of sp³-hybridized carbons (Fsp3) is 0.0667. The van der Waals surface area contributed by atoms with Gasteiger partial charge in [0.05, 0.1) is 24.1 Å². The van der Waals surface area contributed by atoms with Crippen LogP contribution in [-0.2, 0) is 6.54 Å². The lowest BCUT2D eigenvalue weighted by atomic mass is 10.3. The zero-order valence-electron chi connectivity index (χ0n) is 10.4. The van der Waals surface area contributed by atoms with Crippen molar-refractivity contribution < 1.29 is 0 Å². The highest BCUT2D eigenvalue weighted by molar-refractivity contribution is 5.52. The molecular formula is C15H14N4. The van der Waals surface area contributed by atoms with E-state index in [1.54, 1.807) is 6.20 Å². The largest absolute Gasteiger partial charge is 0.378 e. The summed E-state index contributed by atoms with van der Waals surface area (Å²) >= 11 is 0. The Morgan fingerprint density at radius 1 is 0.947 bits per heavy atom. The van der Waals surface area contributed by atoms with Gasteiger partial charge < -0.3 is 10.3 Å². The van der Waals surface area contributed by atoms with Crippen molar-refractivity contribution in [2.24, 2.45) is 0 Å². The minimum absolute atomic E-state index is 0.664. The molecule has 0 saturated heterocycles. The standard InChI is InChI=1S/C15H14N4/c1-2-6-12(7-3-1)17-11-15-18-10-14(19-15)13-8-4-5-9-16-13/h1-10,17H,11H2,(H,18,19). The van der Waals surface area contributed by atoms with Crippen molar-refractivity contribution in [1.29, 1.82) is 0 Å². The summed E-state index contributed by atoms with van der Waals surface area (Å²) in [7, 11) is 0. The third-order valence-electron chi connectivity index (χ3n) is 2.80. The first-order valence-corrected chi connectivity index (χ1v) is 6.16. The van der Waals surface area contributed by atoms with Crippen molar-refractivity contribution in [2.75, 3.05) is 5.32 Å². The lowest BCUT2D eigenvalue weighted by Crippen LogP contribution is -2.00. The van der Waals surface area contributed by atoms with Crippen LogP contribution in [0.25, 0.3) is 11.4 Å². The van der Waals surface area contributed by atoms with E-state index in [-0.39, 0.29) is 0 Å². The lowest BCUT2D eigenvalue weighted by Gasteiger charge is -2.03. The molecule has 4 heteroatoms. The molecule has 0 bridgehead atoms. The molecule has 3 rings (SSSR count). The van der Waals surface area contributed by atoms with Gasteiger partial charge >= 0.3 is 0 Å². The van der Waals surface area contributed by atoms with Gasteiger partial charge in [0.15, 0.2) is 0 Å². The molecule has 0 unspecified atom stereocenters. The van der Waals surface area contributed by atoms with Gasteiger partial charge in [-0.15, -0.1) is 0 Å². The SMILES string of the molecule is c1ccc(NCc2ncc(-c3ccccn3)[nH]2)cc1. The molecular weight excluding hydrogens is 236 g/mol. The fourth-order valence-corrected chi connectivity index (χ4v) is 1.85. The third kappa shape index (κ3) is 2.80. The molecule has 0 atom stereocenters. The molecule has 3 aromatic rings. The summed E-state index contributed by atoms with van der Waals surface area (Å²) < 4.78 is 0. The van der Waals surface area contributed by atoms with E-state index in [0.717, 1.165) is 22.9 Å². The van der Waals surface area contributed by atoms with Gasteiger partial charge in [-0.3, -0.25) is 4.98 Å². The Kier molecular flexibility index (Phi) is 3.23. The molecule has 2 heterocycles. The van der Waals surface area contributed by atoms with Crippen LogP contribution in [-0.4, -0.2) is 15.0 Å². The second-order valence-corrected chi connectivity index (χ2v) is 4.18. The molecule has 4 nitrogen and oxygen atoms in total. The predicted molar refractivity (Wildman–Crippen MR) is 75.6 cm³/mol. The average Bonchev–Trinajstić information content (AvgIpc) is 2.96. The first-order chi connectivity index (χ1) is 9.42. The quantitative estimate of drug-likeness (QED) is 0.748. The van der Waals surface area contributed by atoms with Crippen LogP contribution in [0.2, 0.25) is 0 Å². The summed E-state index contributed by atoms with van der Waals surface area (Å²) in [6.45, 7) is 0.664. The Bertz CT molecular complexity index is 632. The van der Waals surface area contributed by atoms with Gasteiger partial charge in [0, 0.05) is 11.9 Å². The van der Waals surface area contributed by atoms with Crippen molar-refractivity contribution >= 4 is 5.69 Å². The number of hydrogen-bond acceptors (Lipinski definition) is 3. The summed E-state index contributed by atoms with van der Waals surface area (Å²) in [4.78, 5) is 11.9. The van der Waals surface area contributed by atoms with E-state index in [1.807, 2.05) is 54.7 Å². The van der Waals surface area contributed by atoms with Gasteiger partial charge in [0.2, 0.25) is 0 Å². The smallest absolute Gasteiger partial charge is 0.125 e. The van der Waals surface area contributed by atoms with Gasteiger partial charge in [-0.25, -0.2) is 4.98 Å². The number of imidazole rings is 1. The highest BCUT2D eigenvalue weighted by Gasteiger charge is 2.03. The third-order valence-corrected chi connectivity index (χ3v) is 2.80. The van der Waals surface area contributed by atoms with E-state index in [9.17, 15) is 0 Å². The number of anilines is 1. The molecule has 0 saturated carbocycles. The van der Waals surface area contributed by atoms with E-state index in [0.29, 0.717) is 6.54 Å². The summed E-state index contributed by atoms with van der Waals surface area (Å²) in [6.07, 6.45) is 3.59. The van der Waals surface area contributed by atoms with E-state index in [2.05, 4.69) is 20.3 Å². The molecule has 0 radical (unpaired) electrons. The number of H-pyrrole nitrogens is 1. The maximum atomic E-state index is 4.35. The molecule has 0 aliphatic carbocycles. The molecule has 0 aliphatic heterocycles. The number of hydrogen-bond donors (Lipinski definition) is 2.